The third-order valence-electron chi connectivity index (χ3n) is 2.31. The molecule has 0 aromatic carbocycles. The molecule has 0 bridgehead atoms. The van der Waals surface area contributed by atoms with E-state index in [1.165, 1.54) is 0 Å². The summed E-state index contributed by atoms with van der Waals surface area (Å²) in [5, 5.41) is 8.42. The third-order valence-corrected chi connectivity index (χ3v) is 2.31. The molecule has 0 aromatic rings. The molecular formula is C14H27O7. The minimum Gasteiger partial charge on any atom is -0.481 e. The van der Waals surface area contributed by atoms with E-state index in [0.29, 0.717) is 72.5 Å². The van der Waals surface area contributed by atoms with E-state index >= 15 is 0 Å². The fraction of sp³-hybridized carbons (Fsp3) is 0.857. The Labute approximate surface area is 126 Å². The fourth-order valence-corrected chi connectivity index (χ4v) is 1.31. The van der Waals surface area contributed by atoms with Crippen molar-refractivity contribution in [3.05, 3.63) is 6.92 Å². The van der Waals surface area contributed by atoms with Crippen LogP contribution < -0.4 is 0 Å². The predicted molar refractivity (Wildman–Crippen MR) is 76.3 cm³/mol. The number of carboxylic acids is 1. The highest BCUT2D eigenvalue weighted by atomic mass is 16.6. The van der Waals surface area contributed by atoms with Crippen molar-refractivity contribution in [2.75, 3.05) is 66.1 Å². The highest BCUT2D eigenvalue weighted by molar-refractivity contribution is 5.66. The standard InChI is InChI=1S/C14H27O7/c1-2-17-6-7-19-10-11-21-13-12-20-9-8-18-5-3-4-14(15)16/h1-13H2,(H,15,16). The summed E-state index contributed by atoms with van der Waals surface area (Å²) in [4.78, 5) is 10.2. The summed E-state index contributed by atoms with van der Waals surface area (Å²) in [5.41, 5.74) is 0. The van der Waals surface area contributed by atoms with Gasteiger partial charge in [-0.05, 0) is 13.3 Å². The lowest BCUT2D eigenvalue weighted by Gasteiger charge is -2.07. The van der Waals surface area contributed by atoms with Crippen LogP contribution in [0, 0.1) is 6.92 Å². The smallest absolute Gasteiger partial charge is 0.303 e. The zero-order valence-corrected chi connectivity index (χ0v) is 12.6. The lowest BCUT2D eigenvalue weighted by molar-refractivity contribution is -0.137. The molecule has 0 unspecified atom stereocenters. The normalized spacial score (nSPS) is 10.9. The predicted octanol–water partition coefficient (Wildman–Crippen LogP) is 0.768. The Balaban J connectivity index is 2.95. The summed E-state index contributed by atoms with van der Waals surface area (Å²) in [7, 11) is 0. The van der Waals surface area contributed by atoms with Crippen LogP contribution in [0.1, 0.15) is 12.8 Å². The molecule has 0 heterocycles. The molecule has 125 valence electrons. The molecule has 0 saturated carbocycles. The summed E-state index contributed by atoms with van der Waals surface area (Å²) < 4.78 is 26.1. The van der Waals surface area contributed by atoms with Gasteiger partial charge in [0.05, 0.1) is 52.9 Å². The van der Waals surface area contributed by atoms with Gasteiger partial charge in [-0.1, -0.05) is 0 Å². The topological polar surface area (TPSA) is 83.5 Å². The van der Waals surface area contributed by atoms with Gasteiger partial charge in [0.1, 0.15) is 0 Å². The maximum Gasteiger partial charge on any atom is 0.303 e. The second kappa shape index (κ2) is 17.3. The van der Waals surface area contributed by atoms with Crippen LogP contribution in [0.5, 0.6) is 0 Å². The van der Waals surface area contributed by atoms with Crippen LogP contribution >= 0.6 is 0 Å². The van der Waals surface area contributed by atoms with Gasteiger partial charge in [0, 0.05) is 19.6 Å². The van der Waals surface area contributed by atoms with Crippen molar-refractivity contribution >= 4 is 5.97 Å². The second-order valence-corrected chi connectivity index (χ2v) is 4.06. The van der Waals surface area contributed by atoms with E-state index in [1.807, 2.05) is 0 Å². The van der Waals surface area contributed by atoms with Gasteiger partial charge in [0.2, 0.25) is 0 Å². The minimum atomic E-state index is -0.800. The van der Waals surface area contributed by atoms with Crippen molar-refractivity contribution in [2.45, 2.75) is 12.8 Å². The second-order valence-electron chi connectivity index (χ2n) is 4.06. The molecule has 0 amide bonds. The highest BCUT2D eigenvalue weighted by Crippen LogP contribution is 1.90. The third kappa shape index (κ3) is 19.3. The van der Waals surface area contributed by atoms with E-state index in [4.69, 9.17) is 28.8 Å². The largest absolute Gasteiger partial charge is 0.481 e. The fourth-order valence-electron chi connectivity index (χ4n) is 1.31. The van der Waals surface area contributed by atoms with Crippen LogP contribution in [-0.4, -0.2) is 77.1 Å². The Morgan fingerprint density at radius 2 is 1.10 bits per heavy atom. The van der Waals surface area contributed by atoms with E-state index < -0.39 is 5.97 Å². The van der Waals surface area contributed by atoms with E-state index in [-0.39, 0.29) is 6.42 Å². The molecular weight excluding hydrogens is 280 g/mol. The molecule has 1 N–H and O–H groups in total. The quantitative estimate of drug-likeness (QED) is 0.397. The average Bonchev–Trinajstić information content (AvgIpc) is 2.46. The summed E-state index contributed by atoms with van der Waals surface area (Å²) >= 11 is 0. The van der Waals surface area contributed by atoms with Crippen molar-refractivity contribution in [3.8, 4) is 0 Å². The summed E-state index contributed by atoms with van der Waals surface area (Å²) in [6.07, 6.45) is 0.663. The molecule has 21 heavy (non-hydrogen) atoms. The number of rotatable bonds is 17. The Hall–Kier alpha value is -0.730. The number of carbonyl (C=O) groups is 1. The number of hydrogen-bond acceptors (Lipinski definition) is 6. The van der Waals surface area contributed by atoms with Crippen LogP contribution in [-0.2, 0) is 28.5 Å². The molecule has 0 saturated heterocycles. The molecule has 0 aromatic heterocycles. The van der Waals surface area contributed by atoms with Gasteiger partial charge in [-0.15, -0.1) is 0 Å². The number of ether oxygens (including phenoxy) is 5. The van der Waals surface area contributed by atoms with Crippen LogP contribution in [0.25, 0.3) is 0 Å². The van der Waals surface area contributed by atoms with Gasteiger partial charge in [-0.2, -0.15) is 0 Å². The SMILES string of the molecule is [CH2]COCCOCCOCCOCCOCCCC(=O)O. The molecule has 0 rings (SSSR count). The van der Waals surface area contributed by atoms with E-state index in [1.54, 1.807) is 0 Å². The molecule has 0 spiro atoms. The Morgan fingerprint density at radius 3 is 1.48 bits per heavy atom. The molecule has 1 radical (unpaired) electrons. The van der Waals surface area contributed by atoms with Crippen molar-refractivity contribution in [1.82, 2.24) is 0 Å². The van der Waals surface area contributed by atoms with Crippen LogP contribution in [0.3, 0.4) is 0 Å². The van der Waals surface area contributed by atoms with Gasteiger partial charge in [0.25, 0.3) is 0 Å². The van der Waals surface area contributed by atoms with E-state index in [2.05, 4.69) is 6.92 Å². The molecule has 0 aliphatic rings. The number of aliphatic carboxylic acids is 1. The maximum atomic E-state index is 10.2. The lowest BCUT2D eigenvalue weighted by atomic mass is 10.3. The maximum absolute atomic E-state index is 10.2. The van der Waals surface area contributed by atoms with Gasteiger partial charge < -0.3 is 28.8 Å². The Bertz CT molecular complexity index is 223. The van der Waals surface area contributed by atoms with Crippen molar-refractivity contribution in [1.29, 1.82) is 0 Å². The van der Waals surface area contributed by atoms with Crippen LogP contribution in [0.2, 0.25) is 0 Å². The van der Waals surface area contributed by atoms with Gasteiger partial charge >= 0.3 is 5.97 Å². The molecule has 0 aliphatic heterocycles. The molecule has 0 fully saturated rings. The Kier molecular flexibility index (Phi) is 16.7. The van der Waals surface area contributed by atoms with Gasteiger partial charge in [-0.25, -0.2) is 0 Å². The van der Waals surface area contributed by atoms with Crippen molar-refractivity contribution < 1.29 is 33.6 Å². The molecule has 7 nitrogen and oxygen atoms in total. The number of hydrogen-bond donors (Lipinski definition) is 1. The zero-order chi connectivity index (χ0) is 15.6. The molecule has 0 atom stereocenters. The highest BCUT2D eigenvalue weighted by Gasteiger charge is 1.96. The van der Waals surface area contributed by atoms with E-state index in [9.17, 15) is 4.79 Å². The summed E-state index contributed by atoms with van der Waals surface area (Å²) in [6, 6.07) is 0. The first kappa shape index (κ1) is 20.3. The lowest BCUT2D eigenvalue weighted by Crippen LogP contribution is -2.13. The van der Waals surface area contributed by atoms with Crippen molar-refractivity contribution in [2.24, 2.45) is 0 Å². The summed E-state index contributed by atoms with van der Waals surface area (Å²) in [5.74, 6) is -0.800. The molecule has 0 aliphatic carbocycles. The van der Waals surface area contributed by atoms with Crippen LogP contribution in [0.15, 0.2) is 0 Å². The first-order chi connectivity index (χ1) is 10.3. The molecule has 7 heteroatoms. The minimum absolute atomic E-state index is 0.137. The first-order valence-electron chi connectivity index (χ1n) is 7.17. The Morgan fingerprint density at radius 1 is 0.714 bits per heavy atom. The van der Waals surface area contributed by atoms with E-state index in [0.717, 1.165) is 0 Å². The number of carboxylic acid groups (broad SMARTS) is 1. The zero-order valence-electron chi connectivity index (χ0n) is 12.6. The van der Waals surface area contributed by atoms with Crippen LogP contribution in [0.4, 0.5) is 0 Å². The van der Waals surface area contributed by atoms with Gasteiger partial charge in [0.15, 0.2) is 0 Å². The average molecular weight is 307 g/mol. The monoisotopic (exact) mass is 307 g/mol. The van der Waals surface area contributed by atoms with Crippen molar-refractivity contribution in [3.63, 3.8) is 0 Å². The summed E-state index contributed by atoms with van der Waals surface area (Å²) in [6.45, 7) is 8.58. The van der Waals surface area contributed by atoms with Gasteiger partial charge in [-0.3, -0.25) is 4.79 Å². The first-order valence-corrected chi connectivity index (χ1v) is 7.17.